The van der Waals surface area contributed by atoms with E-state index in [0.29, 0.717) is 11.8 Å². The number of nitrogens with one attached hydrogen (secondary N) is 1. The Morgan fingerprint density at radius 2 is 2.11 bits per heavy atom. The summed E-state index contributed by atoms with van der Waals surface area (Å²) >= 11 is 6.92. The van der Waals surface area contributed by atoms with E-state index in [2.05, 4.69) is 54.3 Å². The summed E-state index contributed by atoms with van der Waals surface area (Å²) in [6, 6.07) is 5.91. The first-order valence-electron chi connectivity index (χ1n) is 6.14. The summed E-state index contributed by atoms with van der Waals surface area (Å²) < 4.78 is 7.64. The molecule has 2 aromatic rings. The zero-order valence-corrected chi connectivity index (χ0v) is 14.0. The minimum absolute atomic E-state index is 0.0652. The predicted molar refractivity (Wildman–Crippen MR) is 81.8 cm³/mol. The van der Waals surface area contributed by atoms with E-state index in [-0.39, 0.29) is 6.04 Å². The lowest BCUT2D eigenvalue weighted by atomic mass is 10.2. The molecule has 0 spiro atoms. The SMILES string of the molecule is CCCNC(C)c1nnc(-c2ccc(Br)cc2Br)o1. The number of aromatic nitrogens is 2. The van der Waals surface area contributed by atoms with Gasteiger partial charge in [-0.05, 0) is 54.0 Å². The van der Waals surface area contributed by atoms with Gasteiger partial charge < -0.3 is 9.73 Å². The average molecular weight is 389 g/mol. The van der Waals surface area contributed by atoms with E-state index in [1.807, 2.05) is 25.1 Å². The standard InChI is InChI=1S/C13H15Br2N3O/c1-3-6-16-8(2)12-17-18-13(19-12)10-5-4-9(14)7-11(10)15/h4-5,7-8,16H,3,6H2,1-2H3. The predicted octanol–water partition coefficient (Wildman–Crippen LogP) is 4.32. The van der Waals surface area contributed by atoms with Gasteiger partial charge in [-0.25, -0.2) is 0 Å². The topological polar surface area (TPSA) is 51.0 Å². The number of rotatable bonds is 5. The number of hydrogen-bond donors (Lipinski definition) is 1. The summed E-state index contributed by atoms with van der Waals surface area (Å²) in [6.07, 6.45) is 1.07. The van der Waals surface area contributed by atoms with Crippen molar-refractivity contribution in [2.45, 2.75) is 26.3 Å². The van der Waals surface area contributed by atoms with E-state index in [4.69, 9.17) is 4.42 Å². The maximum atomic E-state index is 5.72. The van der Waals surface area contributed by atoms with Gasteiger partial charge in [0.25, 0.3) is 0 Å². The molecule has 0 radical (unpaired) electrons. The monoisotopic (exact) mass is 387 g/mol. The molecule has 2 rings (SSSR count). The lowest BCUT2D eigenvalue weighted by Crippen LogP contribution is -2.19. The van der Waals surface area contributed by atoms with Crippen molar-refractivity contribution in [3.63, 3.8) is 0 Å². The fourth-order valence-corrected chi connectivity index (χ4v) is 2.85. The molecule has 0 aliphatic rings. The molecule has 0 amide bonds. The molecule has 1 aromatic heterocycles. The van der Waals surface area contributed by atoms with Crippen LogP contribution in [0.5, 0.6) is 0 Å². The highest BCUT2D eigenvalue weighted by Gasteiger charge is 2.15. The molecule has 4 nitrogen and oxygen atoms in total. The second-order valence-electron chi connectivity index (χ2n) is 4.25. The normalized spacial score (nSPS) is 12.6. The maximum Gasteiger partial charge on any atom is 0.248 e. The third-order valence-corrected chi connectivity index (χ3v) is 3.82. The van der Waals surface area contributed by atoms with E-state index >= 15 is 0 Å². The van der Waals surface area contributed by atoms with Gasteiger partial charge in [-0.3, -0.25) is 0 Å². The first-order valence-corrected chi connectivity index (χ1v) is 7.72. The quantitative estimate of drug-likeness (QED) is 0.828. The molecule has 19 heavy (non-hydrogen) atoms. The van der Waals surface area contributed by atoms with Crippen LogP contribution in [0, 0.1) is 0 Å². The molecule has 1 aromatic carbocycles. The Morgan fingerprint density at radius 3 is 2.79 bits per heavy atom. The summed E-state index contributed by atoms with van der Waals surface area (Å²) in [5.74, 6) is 1.14. The second-order valence-corrected chi connectivity index (χ2v) is 6.02. The molecular weight excluding hydrogens is 374 g/mol. The highest BCUT2D eigenvalue weighted by atomic mass is 79.9. The van der Waals surface area contributed by atoms with E-state index in [0.717, 1.165) is 27.5 Å². The van der Waals surface area contributed by atoms with Crippen molar-refractivity contribution < 1.29 is 4.42 Å². The van der Waals surface area contributed by atoms with Crippen molar-refractivity contribution in [3.8, 4) is 11.5 Å². The number of nitrogens with zero attached hydrogens (tertiary/aromatic N) is 2. The van der Waals surface area contributed by atoms with Crippen LogP contribution in [-0.4, -0.2) is 16.7 Å². The summed E-state index contributed by atoms with van der Waals surface area (Å²) in [5, 5.41) is 11.5. The Balaban J connectivity index is 2.20. The Morgan fingerprint density at radius 1 is 1.32 bits per heavy atom. The third kappa shape index (κ3) is 3.64. The van der Waals surface area contributed by atoms with Gasteiger partial charge >= 0.3 is 0 Å². The Bertz CT molecular complexity index is 557. The Hall–Kier alpha value is -0.720. The first kappa shape index (κ1) is 14.7. The third-order valence-electron chi connectivity index (χ3n) is 2.67. The van der Waals surface area contributed by atoms with Gasteiger partial charge in [0.2, 0.25) is 11.8 Å². The summed E-state index contributed by atoms with van der Waals surface area (Å²) in [7, 11) is 0. The summed E-state index contributed by atoms with van der Waals surface area (Å²) in [5.41, 5.74) is 0.893. The molecule has 0 fully saturated rings. The van der Waals surface area contributed by atoms with Crippen LogP contribution < -0.4 is 5.32 Å². The van der Waals surface area contributed by atoms with Gasteiger partial charge in [-0.15, -0.1) is 10.2 Å². The number of hydrogen-bond acceptors (Lipinski definition) is 4. The number of halogens is 2. The van der Waals surface area contributed by atoms with Gasteiger partial charge in [-0.2, -0.15) is 0 Å². The lowest BCUT2D eigenvalue weighted by Gasteiger charge is -2.07. The Kier molecular flexibility index (Phi) is 5.13. The fourth-order valence-electron chi connectivity index (χ4n) is 1.63. The van der Waals surface area contributed by atoms with Crippen LogP contribution >= 0.6 is 31.9 Å². The van der Waals surface area contributed by atoms with Crippen LogP contribution in [0.2, 0.25) is 0 Å². The van der Waals surface area contributed by atoms with Gasteiger partial charge in [0, 0.05) is 8.95 Å². The van der Waals surface area contributed by atoms with Gasteiger partial charge in [-0.1, -0.05) is 22.9 Å². The van der Waals surface area contributed by atoms with Crippen molar-refractivity contribution in [1.29, 1.82) is 0 Å². The second kappa shape index (κ2) is 6.63. The van der Waals surface area contributed by atoms with Gasteiger partial charge in [0.15, 0.2) is 0 Å². The first-order chi connectivity index (χ1) is 9.11. The van der Waals surface area contributed by atoms with Crippen molar-refractivity contribution in [2.75, 3.05) is 6.54 Å². The molecule has 0 aliphatic heterocycles. The molecule has 1 atom stereocenters. The minimum Gasteiger partial charge on any atom is -0.419 e. The van der Waals surface area contributed by atoms with Crippen LogP contribution in [0.4, 0.5) is 0 Å². The van der Waals surface area contributed by atoms with Crippen molar-refractivity contribution >= 4 is 31.9 Å². The highest BCUT2D eigenvalue weighted by molar-refractivity contribution is 9.11. The van der Waals surface area contributed by atoms with Crippen LogP contribution in [0.25, 0.3) is 11.5 Å². The molecule has 0 saturated carbocycles. The highest BCUT2D eigenvalue weighted by Crippen LogP contribution is 2.30. The van der Waals surface area contributed by atoms with E-state index in [1.165, 1.54) is 0 Å². The van der Waals surface area contributed by atoms with Crippen LogP contribution in [0.1, 0.15) is 32.2 Å². The minimum atomic E-state index is 0.0652. The van der Waals surface area contributed by atoms with E-state index in [9.17, 15) is 0 Å². The molecule has 0 aliphatic carbocycles. The molecule has 1 N–H and O–H groups in total. The largest absolute Gasteiger partial charge is 0.419 e. The zero-order valence-electron chi connectivity index (χ0n) is 10.8. The maximum absolute atomic E-state index is 5.72. The van der Waals surface area contributed by atoms with Crippen molar-refractivity contribution in [1.82, 2.24) is 15.5 Å². The molecule has 1 heterocycles. The molecular formula is C13H15Br2N3O. The van der Waals surface area contributed by atoms with Gasteiger partial charge in [0.05, 0.1) is 11.6 Å². The molecule has 102 valence electrons. The van der Waals surface area contributed by atoms with E-state index in [1.54, 1.807) is 0 Å². The van der Waals surface area contributed by atoms with Crippen LogP contribution in [-0.2, 0) is 0 Å². The number of benzene rings is 1. The molecule has 1 unspecified atom stereocenters. The fraction of sp³-hybridized carbons (Fsp3) is 0.385. The van der Waals surface area contributed by atoms with E-state index < -0.39 is 0 Å². The van der Waals surface area contributed by atoms with Crippen molar-refractivity contribution in [2.24, 2.45) is 0 Å². The Labute approximate surface area is 129 Å². The average Bonchev–Trinajstić information content (AvgIpc) is 2.85. The van der Waals surface area contributed by atoms with Gasteiger partial charge in [0.1, 0.15) is 0 Å². The summed E-state index contributed by atoms with van der Waals surface area (Å²) in [4.78, 5) is 0. The van der Waals surface area contributed by atoms with Crippen molar-refractivity contribution in [3.05, 3.63) is 33.0 Å². The molecule has 0 bridgehead atoms. The van der Waals surface area contributed by atoms with Crippen LogP contribution in [0.15, 0.2) is 31.6 Å². The molecule has 6 heteroatoms. The zero-order chi connectivity index (χ0) is 13.8. The molecule has 0 saturated heterocycles. The van der Waals surface area contributed by atoms with Crippen LogP contribution in [0.3, 0.4) is 0 Å². The lowest BCUT2D eigenvalue weighted by molar-refractivity contribution is 0.423. The smallest absolute Gasteiger partial charge is 0.248 e. The summed E-state index contributed by atoms with van der Waals surface area (Å²) in [6.45, 7) is 5.07.